The number of rotatable bonds is 3. The average molecular weight is 396 g/mol. The van der Waals surface area contributed by atoms with Crippen LogP contribution in [0.2, 0.25) is 0 Å². The van der Waals surface area contributed by atoms with Crippen LogP contribution in [0.4, 0.5) is 11.4 Å². The maximum Gasteiger partial charge on any atom is 0.0999 e. The van der Waals surface area contributed by atoms with Gasteiger partial charge in [-0.25, -0.2) is 4.98 Å². The molecule has 4 aromatic rings. The van der Waals surface area contributed by atoms with Crippen molar-refractivity contribution < 1.29 is 0 Å². The lowest BCUT2D eigenvalue weighted by molar-refractivity contribution is 0.568. The highest BCUT2D eigenvalue weighted by Gasteiger charge is 2.36. The summed E-state index contributed by atoms with van der Waals surface area (Å²) in [5.74, 6) is 0. The second-order valence-electron chi connectivity index (χ2n) is 8.63. The van der Waals surface area contributed by atoms with E-state index in [0.717, 1.165) is 34.9 Å². The number of pyridine rings is 2. The first-order valence-electron chi connectivity index (χ1n) is 10.2. The number of benzene rings is 1. The number of imidazole rings is 1. The SMILES string of the molecule is Cc1cc(-n2cnc(-c3ccc4c(c3)N(c3cccnc3C)CC4(C)C)c2)ccn1. The van der Waals surface area contributed by atoms with Gasteiger partial charge in [0.1, 0.15) is 0 Å². The van der Waals surface area contributed by atoms with E-state index in [-0.39, 0.29) is 5.41 Å². The van der Waals surface area contributed by atoms with Crippen molar-refractivity contribution in [2.75, 3.05) is 11.4 Å². The summed E-state index contributed by atoms with van der Waals surface area (Å²) in [6.45, 7) is 9.61. The van der Waals surface area contributed by atoms with Crippen LogP contribution >= 0.6 is 0 Å². The van der Waals surface area contributed by atoms with E-state index in [1.165, 1.54) is 16.9 Å². The van der Waals surface area contributed by atoms with Crippen molar-refractivity contribution in [3.05, 3.63) is 84.3 Å². The van der Waals surface area contributed by atoms with E-state index in [1.54, 1.807) is 0 Å². The summed E-state index contributed by atoms with van der Waals surface area (Å²) in [5, 5.41) is 0. The number of hydrogen-bond acceptors (Lipinski definition) is 4. The summed E-state index contributed by atoms with van der Waals surface area (Å²) in [7, 11) is 0. The molecule has 150 valence electrons. The fourth-order valence-electron chi connectivity index (χ4n) is 4.33. The number of nitrogens with zero attached hydrogens (tertiary/aromatic N) is 5. The summed E-state index contributed by atoms with van der Waals surface area (Å²) in [4.78, 5) is 15.9. The summed E-state index contributed by atoms with van der Waals surface area (Å²) in [6, 6.07) is 14.9. The summed E-state index contributed by atoms with van der Waals surface area (Å²) in [6.07, 6.45) is 7.63. The molecule has 1 aliphatic heterocycles. The third kappa shape index (κ3) is 3.07. The lowest BCUT2D eigenvalue weighted by Crippen LogP contribution is -2.25. The lowest BCUT2D eigenvalue weighted by Gasteiger charge is -2.23. The van der Waals surface area contributed by atoms with Gasteiger partial charge in [0.25, 0.3) is 0 Å². The van der Waals surface area contributed by atoms with Crippen LogP contribution in [0.3, 0.4) is 0 Å². The lowest BCUT2D eigenvalue weighted by atomic mass is 9.86. The highest BCUT2D eigenvalue weighted by molar-refractivity contribution is 5.78. The van der Waals surface area contributed by atoms with Crippen LogP contribution in [0.25, 0.3) is 16.9 Å². The Morgan fingerprint density at radius 3 is 2.57 bits per heavy atom. The van der Waals surface area contributed by atoms with E-state index >= 15 is 0 Å². The van der Waals surface area contributed by atoms with E-state index in [1.807, 2.05) is 42.3 Å². The molecule has 1 aromatic carbocycles. The normalized spacial score (nSPS) is 14.7. The van der Waals surface area contributed by atoms with Crippen molar-refractivity contribution in [2.45, 2.75) is 33.1 Å². The quantitative estimate of drug-likeness (QED) is 0.467. The molecule has 5 heteroatoms. The number of aromatic nitrogens is 4. The van der Waals surface area contributed by atoms with Crippen LogP contribution in [0.1, 0.15) is 30.8 Å². The van der Waals surface area contributed by atoms with Crippen LogP contribution < -0.4 is 4.90 Å². The van der Waals surface area contributed by atoms with Gasteiger partial charge in [0.15, 0.2) is 0 Å². The zero-order valence-electron chi connectivity index (χ0n) is 17.8. The highest BCUT2D eigenvalue weighted by atomic mass is 15.2. The Balaban J connectivity index is 1.57. The molecule has 0 saturated carbocycles. The Morgan fingerprint density at radius 2 is 1.77 bits per heavy atom. The van der Waals surface area contributed by atoms with Gasteiger partial charge in [-0.3, -0.25) is 9.97 Å². The Morgan fingerprint density at radius 1 is 0.900 bits per heavy atom. The van der Waals surface area contributed by atoms with Gasteiger partial charge >= 0.3 is 0 Å². The van der Waals surface area contributed by atoms with Crippen molar-refractivity contribution in [3.63, 3.8) is 0 Å². The summed E-state index contributed by atoms with van der Waals surface area (Å²) < 4.78 is 2.05. The summed E-state index contributed by atoms with van der Waals surface area (Å²) >= 11 is 0. The van der Waals surface area contributed by atoms with Crippen LogP contribution in [-0.2, 0) is 5.41 Å². The van der Waals surface area contributed by atoms with Gasteiger partial charge in [-0.1, -0.05) is 26.0 Å². The molecule has 0 saturated heterocycles. The predicted molar refractivity (Wildman–Crippen MR) is 121 cm³/mol. The second-order valence-corrected chi connectivity index (χ2v) is 8.63. The van der Waals surface area contributed by atoms with Crippen molar-refractivity contribution in [2.24, 2.45) is 0 Å². The number of fused-ring (bicyclic) bond motifs is 1. The van der Waals surface area contributed by atoms with Gasteiger partial charge in [0.2, 0.25) is 0 Å². The number of anilines is 2. The molecule has 0 fully saturated rings. The minimum Gasteiger partial charge on any atom is -0.339 e. The Kier molecular flexibility index (Phi) is 4.21. The first-order valence-corrected chi connectivity index (χ1v) is 10.2. The molecule has 0 amide bonds. The molecule has 0 bridgehead atoms. The second kappa shape index (κ2) is 6.80. The van der Waals surface area contributed by atoms with Gasteiger partial charge in [-0.2, -0.15) is 0 Å². The minimum absolute atomic E-state index is 0.0735. The fraction of sp³-hybridized carbons (Fsp3) is 0.240. The van der Waals surface area contributed by atoms with Gasteiger partial charge in [0, 0.05) is 53.2 Å². The molecule has 0 unspecified atom stereocenters. The minimum atomic E-state index is 0.0735. The maximum atomic E-state index is 4.68. The Hall–Kier alpha value is -3.47. The largest absolute Gasteiger partial charge is 0.339 e. The van der Waals surface area contributed by atoms with Gasteiger partial charge in [-0.15, -0.1) is 0 Å². The molecule has 3 aromatic heterocycles. The van der Waals surface area contributed by atoms with Crippen LogP contribution in [0.5, 0.6) is 0 Å². The standard InChI is InChI=1S/C25H25N5/c1-17-12-20(9-11-26-17)29-14-22(28-16-29)19-7-8-21-24(13-19)30(15-25(21,3)4)23-6-5-10-27-18(23)2/h5-14,16H,15H2,1-4H3. The van der Waals surface area contributed by atoms with Gasteiger partial charge in [-0.05, 0) is 49.7 Å². The molecular formula is C25H25N5. The highest BCUT2D eigenvalue weighted by Crippen LogP contribution is 2.46. The topological polar surface area (TPSA) is 46.8 Å². The molecule has 0 atom stereocenters. The van der Waals surface area contributed by atoms with Crippen molar-refractivity contribution >= 4 is 11.4 Å². The van der Waals surface area contributed by atoms with Gasteiger partial charge in [0.05, 0.1) is 23.4 Å². The molecule has 0 spiro atoms. The maximum absolute atomic E-state index is 4.68. The molecule has 0 radical (unpaired) electrons. The van der Waals surface area contributed by atoms with Crippen molar-refractivity contribution in [1.82, 2.24) is 19.5 Å². The number of aryl methyl sites for hydroxylation is 2. The molecule has 30 heavy (non-hydrogen) atoms. The molecule has 4 heterocycles. The van der Waals surface area contributed by atoms with Crippen LogP contribution in [0.15, 0.2) is 67.4 Å². The monoisotopic (exact) mass is 395 g/mol. The van der Waals surface area contributed by atoms with E-state index in [2.05, 4.69) is 77.2 Å². The molecule has 0 aliphatic carbocycles. The zero-order valence-corrected chi connectivity index (χ0v) is 17.8. The molecular weight excluding hydrogens is 370 g/mol. The van der Waals surface area contributed by atoms with E-state index in [0.29, 0.717) is 0 Å². The van der Waals surface area contributed by atoms with Crippen LogP contribution in [0, 0.1) is 13.8 Å². The molecule has 0 N–H and O–H groups in total. The third-order valence-electron chi connectivity index (χ3n) is 5.90. The van der Waals surface area contributed by atoms with Crippen LogP contribution in [-0.4, -0.2) is 26.1 Å². The van der Waals surface area contributed by atoms with E-state index in [4.69, 9.17) is 0 Å². The fourth-order valence-corrected chi connectivity index (χ4v) is 4.33. The van der Waals surface area contributed by atoms with E-state index < -0.39 is 0 Å². The summed E-state index contributed by atoms with van der Waals surface area (Å²) in [5.41, 5.74) is 9.01. The van der Waals surface area contributed by atoms with Gasteiger partial charge < -0.3 is 9.47 Å². The van der Waals surface area contributed by atoms with Crippen molar-refractivity contribution in [3.8, 4) is 16.9 Å². The van der Waals surface area contributed by atoms with E-state index in [9.17, 15) is 0 Å². The smallest absolute Gasteiger partial charge is 0.0999 e. The average Bonchev–Trinajstić information content (AvgIpc) is 3.32. The number of hydrogen-bond donors (Lipinski definition) is 0. The Bertz CT molecular complexity index is 1240. The van der Waals surface area contributed by atoms with Crippen molar-refractivity contribution in [1.29, 1.82) is 0 Å². The predicted octanol–water partition coefficient (Wildman–Crippen LogP) is 5.38. The first kappa shape index (κ1) is 18.6. The molecule has 1 aliphatic rings. The first-order chi connectivity index (χ1) is 14.4. The molecule has 5 nitrogen and oxygen atoms in total. The molecule has 5 rings (SSSR count). The third-order valence-corrected chi connectivity index (χ3v) is 5.90. The zero-order chi connectivity index (χ0) is 20.9. The Labute approximate surface area is 177 Å².